The highest BCUT2D eigenvalue weighted by atomic mass is 16.3. The van der Waals surface area contributed by atoms with Gasteiger partial charge in [-0.15, -0.1) is 11.8 Å². The molecule has 0 aromatic carbocycles. The molecular formula is C27H38O2. The molecule has 158 valence electrons. The second kappa shape index (κ2) is 9.07. The fourth-order valence-corrected chi connectivity index (χ4v) is 5.61. The molecule has 0 aliphatic heterocycles. The molecule has 2 fully saturated rings. The van der Waals surface area contributed by atoms with Crippen LogP contribution < -0.4 is 0 Å². The Morgan fingerprint density at radius 2 is 2.03 bits per heavy atom. The molecule has 0 spiro atoms. The van der Waals surface area contributed by atoms with Gasteiger partial charge in [-0.1, -0.05) is 63.6 Å². The first kappa shape index (κ1) is 22.1. The van der Waals surface area contributed by atoms with Crippen LogP contribution in [0.15, 0.2) is 47.1 Å². The summed E-state index contributed by atoms with van der Waals surface area (Å²) >= 11 is 0. The predicted molar refractivity (Wildman–Crippen MR) is 121 cm³/mol. The average molecular weight is 395 g/mol. The van der Waals surface area contributed by atoms with Gasteiger partial charge >= 0.3 is 0 Å². The standard InChI is InChI=1S/C27H38O2/c1-18(2)8-6-9-19(3)24-13-14-25-21(10-7-15-27(24,25)5)11-12-22-16-23(28)17-26(29)20(22)4/h11-13,18-19,23,25-26,28-29H,4,7,9-10,14-17H2,1-3,5H3/b21-11+,22-12-/t19-,23-,25+,26+,27-/m1/s1. The second-order valence-corrected chi connectivity index (χ2v) is 9.87. The third-order valence-corrected chi connectivity index (χ3v) is 7.21. The highest BCUT2D eigenvalue weighted by Gasteiger charge is 2.45. The van der Waals surface area contributed by atoms with Crippen LogP contribution in [-0.4, -0.2) is 22.4 Å². The Balaban J connectivity index is 1.77. The maximum atomic E-state index is 10.1. The molecule has 5 atom stereocenters. The highest BCUT2D eigenvalue weighted by molar-refractivity contribution is 5.40. The van der Waals surface area contributed by atoms with E-state index in [2.05, 4.69) is 64.3 Å². The second-order valence-electron chi connectivity index (χ2n) is 9.87. The zero-order valence-electron chi connectivity index (χ0n) is 18.7. The van der Waals surface area contributed by atoms with E-state index in [1.165, 1.54) is 18.4 Å². The molecule has 0 heterocycles. The van der Waals surface area contributed by atoms with Crippen LogP contribution in [0.2, 0.25) is 0 Å². The van der Waals surface area contributed by atoms with Crippen molar-refractivity contribution in [3.63, 3.8) is 0 Å². The Morgan fingerprint density at radius 1 is 1.28 bits per heavy atom. The SMILES string of the molecule is C=C1/C(=C\C=C2/CCC[C@]3(C)C([C@H](C)CC#CC(C)C)=CC[C@@H]23)C[C@@H](O)C[C@@H]1O. The molecule has 3 aliphatic carbocycles. The molecule has 0 aromatic rings. The summed E-state index contributed by atoms with van der Waals surface area (Å²) in [5, 5.41) is 20.1. The largest absolute Gasteiger partial charge is 0.393 e. The van der Waals surface area contributed by atoms with Gasteiger partial charge in [0.2, 0.25) is 0 Å². The summed E-state index contributed by atoms with van der Waals surface area (Å²) in [5.41, 5.74) is 5.13. The van der Waals surface area contributed by atoms with Gasteiger partial charge in [0.05, 0.1) is 12.2 Å². The van der Waals surface area contributed by atoms with Crippen molar-refractivity contribution in [1.82, 2.24) is 0 Å². The summed E-state index contributed by atoms with van der Waals surface area (Å²) in [5.74, 6) is 8.22. The third kappa shape index (κ3) is 4.79. The Labute approximate surface area is 177 Å². The first-order valence-electron chi connectivity index (χ1n) is 11.4. The predicted octanol–water partition coefficient (Wildman–Crippen LogP) is 5.73. The van der Waals surface area contributed by atoms with E-state index in [1.54, 1.807) is 5.57 Å². The van der Waals surface area contributed by atoms with Gasteiger partial charge in [0.15, 0.2) is 0 Å². The van der Waals surface area contributed by atoms with E-state index < -0.39 is 12.2 Å². The molecule has 2 saturated carbocycles. The van der Waals surface area contributed by atoms with Crippen LogP contribution >= 0.6 is 0 Å². The smallest absolute Gasteiger partial charge is 0.0811 e. The molecule has 0 bridgehead atoms. The summed E-state index contributed by atoms with van der Waals surface area (Å²) in [4.78, 5) is 0. The van der Waals surface area contributed by atoms with Crippen LogP contribution in [-0.2, 0) is 0 Å². The van der Waals surface area contributed by atoms with Crippen LogP contribution in [0, 0.1) is 35.0 Å². The van der Waals surface area contributed by atoms with E-state index in [4.69, 9.17) is 0 Å². The number of hydrogen-bond donors (Lipinski definition) is 2. The minimum atomic E-state index is -0.618. The fraction of sp³-hybridized carbons (Fsp3) is 0.630. The van der Waals surface area contributed by atoms with Crippen LogP contribution in [0.5, 0.6) is 0 Å². The van der Waals surface area contributed by atoms with Crippen molar-refractivity contribution in [2.45, 2.75) is 84.8 Å². The van der Waals surface area contributed by atoms with Crippen molar-refractivity contribution in [2.24, 2.45) is 23.2 Å². The van der Waals surface area contributed by atoms with Gasteiger partial charge in [0.1, 0.15) is 0 Å². The van der Waals surface area contributed by atoms with E-state index in [0.29, 0.717) is 30.6 Å². The maximum absolute atomic E-state index is 10.1. The lowest BCUT2D eigenvalue weighted by molar-refractivity contribution is 0.0862. The van der Waals surface area contributed by atoms with Crippen molar-refractivity contribution >= 4 is 0 Å². The highest BCUT2D eigenvalue weighted by Crippen LogP contribution is 2.56. The van der Waals surface area contributed by atoms with Gasteiger partial charge in [0.25, 0.3) is 0 Å². The van der Waals surface area contributed by atoms with Crippen molar-refractivity contribution < 1.29 is 10.2 Å². The van der Waals surface area contributed by atoms with E-state index in [9.17, 15) is 10.2 Å². The lowest BCUT2D eigenvalue weighted by Gasteiger charge is -2.42. The molecule has 2 heteroatoms. The summed E-state index contributed by atoms with van der Waals surface area (Å²) in [6, 6.07) is 0. The van der Waals surface area contributed by atoms with Crippen LogP contribution in [0.4, 0.5) is 0 Å². The van der Waals surface area contributed by atoms with Gasteiger partial charge < -0.3 is 10.2 Å². The van der Waals surface area contributed by atoms with E-state index in [1.807, 2.05) is 0 Å². The Kier molecular flexibility index (Phi) is 6.92. The van der Waals surface area contributed by atoms with Crippen LogP contribution in [0.1, 0.15) is 72.6 Å². The number of allylic oxidation sites excluding steroid dienone is 5. The average Bonchev–Trinajstić information content (AvgIpc) is 3.00. The van der Waals surface area contributed by atoms with Gasteiger partial charge in [-0.25, -0.2) is 0 Å². The van der Waals surface area contributed by atoms with Gasteiger partial charge in [-0.05, 0) is 60.5 Å². The van der Waals surface area contributed by atoms with Crippen LogP contribution in [0.3, 0.4) is 0 Å². The van der Waals surface area contributed by atoms with E-state index in [0.717, 1.165) is 30.4 Å². The number of aliphatic hydroxyl groups excluding tert-OH is 2. The van der Waals surface area contributed by atoms with Gasteiger partial charge in [-0.2, -0.15) is 0 Å². The normalized spacial score (nSPS) is 36.0. The minimum Gasteiger partial charge on any atom is -0.393 e. The summed E-state index contributed by atoms with van der Waals surface area (Å²) in [7, 11) is 0. The van der Waals surface area contributed by atoms with Gasteiger partial charge in [-0.3, -0.25) is 0 Å². The van der Waals surface area contributed by atoms with E-state index in [-0.39, 0.29) is 5.41 Å². The Bertz CT molecular complexity index is 785. The molecule has 0 saturated heterocycles. The van der Waals surface area contributed by atoms with Crippen molar-refractivity contribution in [3.05, 3.63) is 47.1 Å². The summed E-state index contributed by atoms with van der Waals surface area (Å²) < 4.78 is 0. The summed E-state index contributed by atoms with van der Waals surface area (Å²) in [6.45, 7) is 13.1. The molecule has 0 amide bonds. The van der Waals surface area contributed by atoms with Crippen molar-refractivity contribution in [1.29, 1.82) is 0 Å². The monoisotopic (exact) mass is 394 g/mol. The molecule has 2 nitrogen and oxygen atoms in total. The number of aliphatic hydroxyl groups is 2. The quantitative estimate of drug-likeness (QED) is 0.474. The molecule has 3 rings (SSSR count). The maximum Gasteiger partial charge on any atom is 0.0811 e. The molecule has 2 N–H and O–H groups in total. The summed E-state index contributed by atoms with van der Waals surface area (Å²) in [6.07, 6.45) is 12.5. The Hall–Kier alpha value is -1.56. The molecule has 0 unspecified atom stereocenters. The molecular weight excluding hydrogens is 356 g/mol. The minimum absolute atomic E-state index is 0.240. The number of fused-ring (bicyclic) bond motifs is 1. The number of rotatable bonds is 3. The van der Waals surface area contributed by atoms with E-state index >= 15 is 0 Å². The van der Waals surface area contributed by atoms with Crippen molar-refractivity contribution in [2.75, 3.05) is 0 Å². The van der Waals surface area contributed by atoms with Gasteiger partial charge in [0, 0.05) is 18.8 Å². The zero-order valence-corrected chi connectivity index (χ0v) is 18.7. The fourth-order valence-electron chi connectivity index (χ4n) is 5.61. The molecule has 0 radical (unpaired) electrons. The zero-order chi connectivity index (χ0) is 21.2. The first-order valence-corrected chi connectivity index (χ1v) is 11.4. The Morgan fingerprint density at radius 3 is 2.76 bits per heavy atom. The topological polar surface area (TPSA) is 40.5 Å². The molecule has 29 heavy (non-hydrogen) atoms. The first-order chi connectivity index (χ1) is 13.7. The number of hydrogen-bond acceptors (Lipinski definition) is 2. The van der Waals surface area contributed by atoms with Crippen molar-refractivity contribution in [3.8, 4) is 11.8 Å². The molecule has 0 aromatic heterocycles. The lowest BCUT2D eigenvalue weighted by Crippen LogP contribution is -2.32. The lowest BCUT2D eigenvalue weighted by atomic mass is 9.62. The molecule has 3 aliphatic rings. The van der Waals surface area contributed by atoms with Crippen LogP contribution in [0.25, 0.3) is 0 Å². The third-order valence-electron chi connectivity index (χ3n) is 7.21.